The van der Waals surface area contributed by atoms with Crippen LogP contribution in [0.2, 0.25) is 0 Å². The van der Waals surface area contributed by atoms with E-state index < -0.39 is 5.97 Å². The number of fused-ring (bicyclic) bond motifs is 1. The summed E-state index contributed by atoms with van der Waals surface area (Å²) in [5, 5.41) is 8.96. The minimum absolute atomic E-state index is 0.166. The zero-order valence-electron chi connectivity index (χ0n) is 12.6. The van der Waals surface area contributed by atoms with Crippen molar-refractivity contribution in [1.29, 1.82) is 0 Å². The van der Waals surface area contributed by atoms with Gasteiger partial charge in [-0.2, -0.15) is 0 Å². The Bertz CT molecular complexity index is 781. The fraction of sp³-hybridized carbons (Fsp3) is 0.294. The average Bonchev–Trinajstić information content (AvgIpc) is 2.86. The Morgan fingerprint density at radius 3 is 2.87 bits per heavy atom. The van der Waals surface area contributed by atoms with E-state index in [1.807, 2.05) is 12.1 Å². The van der Waals surface area contributed by atoms with Crippen LogP contribution in [-0.2, 0) is 24.2 Å². The molecule has 0 radical (unpaired) electrons. The second-order valence-corrected chi connectivity index (χ2v) is 6.59. The molecule has 0 spiro atoms. The fourth-order valence-corrected chi connectivity index (χ4v) is 3.31. The first-order valence-corrected chi connectivity index (χ1v) is 8.10. The predicted octanol–water partition coefficient (Wildman–Crippen LogP) is 3.18. The molecule has 1 N–H and O–H groups in total. The topological polar surface area (TPSA) is 70.7 Å². The lowest BCUT2D eigenvalue weighted by Gasteiger charge is -2.29. The summed E-state index contributed by atoms with van der Waals surface area (Å²) in [6.45, 7) is 2.90. The van der Waals surface area contributed by atoms with Crippen molar-refractivity contribution in [3.05, 3.63) is 56.9 Å². The monoisotopic (exact) mass is 377 g/mol. The number of furan rings is 1. The van der Waals surface area contributed by atoms with Gasteiger partial charge in [0.1, 0.15) is 12.2 Å². The van der Waals surface area contributed by atoms with Gasteiger partial charge in [0, 0.05) is 23.1 Å². The molecule has 0 unspecified atom stereocenters. The third-order valence-corrected chi connectivity index (χ3v) is 4.54. The maximum atomic E-state index is 12.8. The maximum absolute atomic E-state index is 12.8. The van der Waals surface area contributed by atoms with Gasteiger partial charge in [0.05, 0.1) is 11.8 Å². The first kappa shape index (κ1) is 15.8. The molecule has 6 heteroatoms. The van der Waals surface area contributed by atoms with Gasteiger partial charge in [-0.1, -0.05) is 22.0 Å². The van der Waals surface area contributed by atoms with E-state index in [1.54, 1.807) is 11.8 Å². The summed E-state index contributed by atoms with van der Waals surface area (Å²) in [7, 11) is 0. The molecular weight excluding hydrogens is 362 g/mol. The maximum Gasteiger partial charge on any atom is 0.311 e. The summed E-state index contributed by atoms with van der Waals surface area (Å²) in [6.07, 6.45) is 1.94. The van der Waals surface area contributed by atoms with Gasteiger partial charge >= 0.3 is 5.97 Å². The quantitative estimate of drug-likeness (QED) is 0.891. The van der Waals surface area contributed by atoms with Crippen LogP contribution >= 0.6 is 15.9 Å². The fourth-order valence-electron chi connectivity index (χ4n) is 2.91. The Kier molecular flexibility index (Phi) is 4.26. The molecule has 120 valence electrons. The number of carbonyl (C=O) groups is 2. The number of amides is 1. The molecule has 5 nitrogen and oxygen atoms in total. The van der Waals surface area contributed by atoms with Crippen LogP contribution in [0.25, 0.3) is 0 Å². The van der Waals surface area contributed by atoms with Gasteiger partial charge in [-0.25, -0.2) is 0 Å². The molecule has 0 saturated heterocycles. The number of carboxylic acids is 1. The third-order valence-electron chi connectivity index (χ3n) is 4.04. The zero-order valence-corrected chi connectivity index (χ0v) is 14.2. The normalized spacial score (nSPS) is 13.7. The highest BCUT2D eigenvalue weighted by Gasteiger charge is 2.27. The van der Waals surface area contributed by atoms with E-state index in [-0.39, 0.29) is 18.1 Å². The smallest absolute Gasteiger partial charge is 0.311 e. The molecule has 3 rings (SSSR count). The summed E-state index contributed by atoms with van der Waals surface area (Å²) in [5.41, 5.74) is 3.41. The van der Waals surface area contributed by atoms with Crippen LogP contribution in [-0.4, -0.2) is 28.4 Å². The molecular formula is C17H16BrNO4. The van der Waals surface area contributed by atoms with Crippen molar-refractivity contribution in [1.82, 2.24) is 4.90 Å². The molecule has 1 amide bonds. The zero-order chi connectivity index (χ0) is 16.6. The Labute approximate surface area is 142 Å². The van der Waals surface area contributed by atoms with Crippen molar-refractivity contribution >= 4 is 27.8 Å². The molecule has 0 atom stereocenters. The molecule has 1 aliphatic heterocycles. The lowest BCUT2D eigenvalue weighted by Crippen LogP contribution is -2.36. The Hall–Kier alpha value is -2.08. The van der Waals surface area contributed by atoms with Crippen LogP contribution in [0.1, 0.15) is 32.8 Å². The van der Waals surface area contributed by atoms with Crippen LogP contribution in [0, 0.1) is 6.92 Å². The Morgan fingerprint density at radius 1 is 1.35 bits per heavy atom. The number of hydrogen-bond donors (Lipinski definition) is 1. The van der Waals surface area contributed by atoms with E-state index in [1.165, 1.54) is 11.8 Å². The lowest BCUT2D eigenvalue weighted by molar-refractivity contribution is -0.136. The number of carbonyl (C=O) groups excluding carboxylic acids is 1. The number of carboxylic acid groups (broad SMARTS) is 1. The number of aryl methyl sites for hydroxylation is 1. The summed E-state index contributed by atoms with van der Waals surface area (Å²) in [5.74, 6) is -0.954. The van der Waals surface area contributed by atoms with Gasteiger partial charge in [-0.3, -0.25) is 9.59 Å². The standard InChI is InChI=1S/C17H16BrNO4/c1-10-9-23-14(7-15(20)21)16(10)17(22)19-5-4-11-6-13(18)3-2-12(11)8-19/h2-3,6,9H,4-5,7-8H2,1H3,(H,20,21). The SMILES string of the molecule is Cc1coc(CC(=O)O)c1C(=O)N1CCc2cc(Br)ccc2C1. The molecule has 1 aliphatic rings. The number of rotatable bonds is 3. The van der Waals surface area contributed by atoms with Crippen molar-refractivity contribution in [3.8, 4) is 0 Å². The van der Waals surface area contributed by atoms with Gasteiger partial charge in [-0.05, 0) is 36.6 Å². The minimum Gasteiger partial charge on any atom is -0.481 e. The van der Waals surface area contributed by atoms with Gasteiger partial charge in [0.25, 0.3) is 5.91 Å². The predicted molar refractivity (Wildman–Crippen MR) is 87.4 cm³/mol. The molecule has 1 aromatic heterocycles. The van der Waals surface area contributed by atoms with E-state index in [2.05, 4.69) is 22.0 Å². The molecule has 0 saturated carbocycles. The van der Waals surface area contributed by atoms with Crippen LogP contribution in [0.3, 0.4) is 0 Å². The molecule has 23 heavy (non-hydrogen) atoms. The van der Waals surface area contributed by atoms with Crippen LogP contribution in [0.15, 0.2) is 33.4 Å². The van der Waals surface area contributed by atoms with Crippen LogP contribution < -0.4 is 0 Å². The van der Waals surface area contributed by atoms with E-state index in [0.29, 0.717) is 24.2 Å². The van der Waals surface area contributed by atoms with Crippen molar-refractivity contribution in [3.63, 3.8) is 0 Å². The first-order valence-electron chi connectivity index (χ1n) is 7.31. The van der Waals surface area contributed by atoms with Gasteiger partial charge in [0.15, 0.2) is 0 Å². The van der Waals surface area contributed by atoms with Gasteiger partial charge < -0.3 is 14.4 Å². The molecule has 1 aromatic carbocycles. The van der Waals surface area contributed by atoms with Gasteiger partial charge in [0.2, 0.25) is 0 Å². The van der Waals surface area contributed by atoms with E-state index in [9.17, 15) is 9.59 Å². The summed E-state index contributed by atoms with van der Waals surface area (Å²) < 4.78 is 6.30. The van der Waals surface area contributed by atoms with Gasteiger partial charge in [-0.15, -0.1) is 0 Å². The van der Waals surface area contributed by atoms with Crippen molar-refractivity contribution in [2.45, 2.75) is 26.3 Å². The third kappa shape index (κ3) is 3.17. The van der Waals surface area contributed by atoms with Crippen molar-refractivity contribution < 1.29 is 19.1 Å². The van der Waals surface area contributed by atoms with Crippen molar-refractivity contribution in [2.75, 3.05) is 6.54 Å². The molecule has 0 bridgehead atoms. The van der Waals surface area contributed by atoms with E-state index >= 15 is 0 Å². The first-order chi connectivity index (χ1) is 11.0. The van der Waals surface area contributed by atoms with Crippen LogP contribution in [0.4, 0.5) is 0 Å². The number of benzene rings is 1. The largest absolute Gasteiger partial charge is 0.481 e. The second-order valence-electron chi connectivity index (χ2n) is 5.68. The van der Waals surface area contributed by atoms with Crippen LogP contribution in [0.5, 0.6) is 0 Å². The summed E-state index contributed by atoms with van der Waals surface area (Å²) in [4.78, 5) is 25.5. The number of halogens is 1. The molecule has 2 aromatic rings. The Morgan fingerprint density at radius 2 is 2.13 bits per heavy atom. The lowest BCUT2D eigenvalue weighted by atomic mass is 9.98. The summed E-state index contributed by atoms with van der Waals surface area (Å²) >= 11 is 3.46. The number of hydrogen-bond acceptors (Lipinski definition) is 3. The molecule has 0 aliphatic carbocycles. The average molecular weight is 378 g/mol. The Balaban J connectivity index is 1.86. The van der Waals surface area contributed by atoms with E-state index in [0.717, 1.165) is 16.5 Å². The number of nitrogens with zero attached hydrogens (tertiary/aromatic N) is 1. The highest BCUT2D eigenvalue weighted by Crippen LogP contribution is 2.26. The summed E-state index contributed by atoms with van der Waals surface area (Å²) in [6, 6.07) is 6.06. The highest BCUT2D eigenvalue weighted by molar-refractivity contribution is 9.10. The molecule has 0 fully saturated rings. The van der Waals surface area contributed by atoms with E-state index in [4.69, 9.17) is 9.52 Å². The highest BCUT2D eigenvalue weighted by atomic mass is 79.9. The second kappa shape index (κ2) is 6.20. The number of aliphatic carboxylic acids is 1. The van der Waals surface area contributed by atoms with Crippen molar-refractivity contribution in [2.24, 2.45) is 0 Å². The minimum atomic E-state index is -1.01. The molecule has 2 heterocycles.